The zero-order chi connectivity index (χ0) is 42.5. The first kappa shape index (κ1) is 48.4. The van der Waals surface area contributed by atoms with E-state index in [9.17, 15) is 0 Å². The Kier molecular flexibility index (Phi) is 15.5. The minimum atomic E-state index is -2.04. The topological polar surface area (TPSA) is 55.4 Å². The third-order valence-corrected chi connectivity index (χ3v) is 19.3. The summed E-state index contributed by atoms with van der Waals surface area (Å²) >= 11 is 0. The highest BCUT2D eigenvalue weighted by atomic mass is 28.4. The van der Waals surface area contributed by atoms with E-state index in [4.69, 9.17) is 27.2 Å². The Balaban J connectivity index is 1.35. The monoisotopic (exact) mass is 865 g/mol. The molecule has 6 nitrogen and oxygen atoms in total. The summed E-state index contributed by atoms with van der Waals surface area (Å²) in [6.07, 6.45) is 15.5. The predicted octanol–water partition coefficient (Wildman–Crippen LogP) is 13.3. The summed E-state index contributed by atoms with van der Waals surface area (Å²) in [7, 11) is -7.88. The third-order valence-electron chi connectivity index (χ3n) is 15.3. The van der Waals surface area contributed by atoms with Crippen LogP contribution in [0.25, 0.3) is 0 Å². The molecule has 3 saturated carbocycles. The number of ether oxygens (including phenoxy) is 2. The van der Waals surface area contributed by atoms with E-state index in [1.807, 2.05) is 0 Å². The molecule has 0 aromatic rings. The Labute approximate surface area is 357 Å². The molecule has 10 heteroatoms. The van der Waals surface area contributed by atoms with Crippen LogP contribution in [0, 0.1) is 52.3 Å². The van der Waals surface area contributed by atoms with Crippen molar-refractivity contribution in [2.75, 3.05) is 6.61 Å². The van der Waals surface area contributed by atoms with Gasteiger partial charge < -0.3 is 27.2 Å². The van der Waals surface area contributed by atoms with Crippen molar-refractivity contribution in [1.82, 2.24) is 0 Å². The highest BCUT2D eigenvalue weighted by Gasteiger charge is 2.60. The number of fused-ring (bicyclic) bond motifs is 5. The molecule has 0 radical (unpaired) electrons. The molecule has 0 N–H and O–H groups in total. The molecule has 332 valence electrons. The Bertz CT molecular complexity index is 1350. The number of hydrogen-bond acceptors (Lipinski definition) is 6. The van der Waals surface area contributed by atoms with Crippen molar-refractivity contribution in [1.29, 1.82) is 0 Å². The van der Waals surface area contributed by atoms with Gasteiger partial charge in [0.2, 0.25) is 0 Å². The van der Waals surface area contributed by atoms with Crippen LogP contribution in [0.5, 0.6) is 0 Å². The van der Waals surface area contributed by atoms with Crippen molar-refractivity contribution >= 4 is 33.3 Å². The first-order valence-corrected chi connectivity index (χ1v) is 37.4. The molecule has 57 heavy (non-hydrogen) atoms. The van der Waals surface area contributed by atoms with Crippen LogP contribution in [-0.4, -0.2) is 76.7 Å². The summed E-state index contributed by atoms with van der Waals surface area (Å²) in [4.78, 5) is 0. The van der Waals surface area contributed by atoms with E-state index in [1.54, 1.807) is 5.57 Å². The summed E-state index contributed by atoms with van der Waals surface area (Å²) in [6.45, 7) is 43.0. The van der Waals surface area contributed by atoms with Crippen LogP contribution in [0.1, 0.15) is 112 Å². The van der Waals surface area contributed by atoms with Crippen LogP contribution < -0.4 is 0 Å². The zero-order valence-corrected chi connectivity index (χ0v) is 44.5. The van der Waals surface area contributed by atoms with Gasteiger partial charge in [0, 0.05) is 0 Å². The predicted molar refractivity (Wildman–Crippen MR) is 250 cm³/mol. The van der Waals surface area contributed by atoms with E-state index < -0.39 is 39.6 Å². The lowest BCUT2D eigenvalue weighted by atomic mass is 9.47. The van der Waals surface area contributed by atoms with Crippen molar-refractivity contribution in [3.05, 3.63) is 11.6 Å². The van der Waals surface area contributed by atoms with Gasteiger partial charge in [0.15, 0.2) is 39.6 Å². The summed E-state index contributed by atoms with van der Waals surface area (Å²) in [5, 5.41) is 0. The van der Waals surface area contributed by atoms with Crippen molar-refractivity contribution in [2.24, 2.45) is 52.3 Å². The molecule has 5 aliphatic rings. The van der Waals surface area contributed by atoms with E-state index in [0.29, 0.717) is 12.0 Å². The second-order valence-corrected chi connectivity index (χ2v) is 42.4. The normalized spacial score (nSPS) is 39.0. The van der Waals surface area contributed by atoms with Gasteiger partial charge in [-0.05, 0) is 189 Å². The molecular weight excluding hydrogens is 773 g/mol. The van der Waals surface area contributed by atoms with E-state index in [-0.39, 0.29) is 35.9 Å². The van der Waals surface area contributed by atoms with Gasteiger partial charge in [-0.25, -0.2) is 0 Å². The van der Waals surface area contributed by atoms with Gasteiger partial charge in [0.25, 0.3) is 0 Å². The average molecular weight is 866 g/mol. The highest BCUT2D eigenvalue weighted by Crippen LogP contribution is 2.67. The maximum Gasteiger partial charge on any atom is 0.185 e. The van der Waals surface area contributed by atoms with E-state index in [2.05, 4.69) is 126 Å². The maximum atomic E-state index is 7.28. The van der Waals surface area contributed by atoms with Crippen molar-refractivity contribution in [3.63, 3.8) is 0 Å². The Morgan fingerprint density at radius 2 is 1.33 bits per heavy atom. The van der Waals surface area contributed by atoms with Gasteiger partial charge in [-0.3, -0.25) is 0 Å². The largest absolute Gasteiger partial charge is 0.415 e. The lowest BCUT2D eigenvalue weighted by Crippen LogP contribution is -2.66. The molecule has 5 rings (SSSR count). The summed E-state index contributed by atoms with van der Waals surface area (Å²) in [5.74, 6) is 5.91. The second kappa shape index (κ2) is 18.2. The highest BCUT2D eigenvalue weighted by molar-refractivity contribution is 6.71. The molecule has 1 aliphatic heterocycles. The second-order valence-electron chi connectivity index (χ2n) is 24.5. The minimum Gasteiger partial charge on any atom is -0.415 e. The summed E-state index contributed by atoms with van der Waals surface area (Å²) < 4.78 is 42.3. The first-order chi connectivity index (χ1) is 26.1. The quantitative estimate of drug-likeness (QED) is 0.107. The third kappa shape index (κ3) is 11.9. The van der Waals surface area contributed by atoms with Gasteiger partial charge in [-0.1, -0.05) is 66.0 Å². The van der Waals surface area contributed by atoms with Crippen LogP contribution in [0.4, 0.5) is 0 Å². The number of allylic oxidation sites excluding steroid dienone is 1. The molecule has 14 atom stereocenters. The van der Waals surface area contributed by atoms with Gasteiger partial charge in [0.05, 0.1) is 12.7 Å². The van der Waals surface area contributed by atoms with Gasteiger partial charge in [0.1, 0.15) is 24.4 Å². The molecule has 1 saturated heterocycles. The van der Waals surface area contributed by atoms with E-state index in [0.717, 1.165) is 54.3 Å². The Morgan fingerprint density at radius 1 is 0.719 bits per heavy atom. The van der Waals surface area contributed by atoms with E-state index >= 15 is 0 Å². The standard InChI is InChI=1S/C47H92O6Si4/c1-19-34(32(2)3)21-20-33(4)38-24-25-39-37-23-22-35-30-36(26-28-46(35,5)40(37)27-29-47(38,39)6)49-45-44(53-57(16,17)18)43(52-56(13,14)15)42(51-55(10,11)12)41(50-45)31-48-54(7,8)9/h22,32-34,36-45H,19-21,23-31H2,1-18H3/t33-,34-,36-,37+,38-,39-,40-,41-,42-,43+,44-,45-,46+,47-/m1/s1. The van der Waals surface area contributed by atoms with Crippen LogP contribution in [-0.2, 0) is 27.2 Å². The first-order valence-electron chi connectivity index (χ1n) is 23.8. The molecular formula is C47H92O6Si4. The van der Waals surface area contributed by atoms with Gasteiger partial charge in [-0.2, -0.15) is 0 Å². The maximum absolute atomic E-state index is 7.28. The fourth-order valence-electron chi connectivity index (χ4n) is 12.7. The lowest BCUT2D eigenvalue weighted by molar-refractivity contribution is -0.303. The molecule has 0 spiro atoms. The number of rotatable bonds is 17. The summed E-state index contributed by atoms with van der Waals surface area (Å²) in [5.41, 5.74) is 2.44. The molecule has 0 aromatic carbocycles. The van der Waals surface area contributed by atoms with Crippen LogP contribution in [0.3, 0.4) is 0 Å². The minimum absolute atomic E-state index is 0.0995. The van der Waals surface area contributed by atoms with Crippen molar-refractivity contribution < 1.29 is 27.2 Å². The molecule has 0 amide bonds. The molecule has 1 heterocycles. The van der Waals surface area contributed by atoms with Crippen molar-refractivity contribution in [3.8, 4) is 0 Å². The Hall–Kier alpha value is 0.368. The number of hydrogen-bond donors (Lipinski definition) is 0. The smallest absolute Gasteiger partial charge is 0.185 e. The average Bonchev–Trinajstić information content (AvgIpc) is 3.42. The fourth-order valence-corrected chi connectivity index (χ4v) is 16.6. The fraction of sp³-hybridized carbons (Fsp3) is 0.957. The molecule has 0 unspecified atom stereocenters. The molecule has 4 fully saturated rings. The van der Waals surface area contributed by atoms with Crippen LogP contribution in [0.15, 0.2) is 11.6 Å². The zero-order valence-electron chi connectivity index (χ0n) is 40.5. The van der Waals surface area contributed by atoms with Crippen LogP contribution in [0.2, 0.25) is 78.6 Å². The van der Waals surface area contributed by atoms with Gasteiger partial charge in [-0.15, -0.1) is 0 Å². The molecule has 4 aliphatic carbocycles. The van der Waals surface area contributed by atoms with Crippen molar-refractivity contribution in [2.45, 2.75) is 228 Å². The summed E-state index contributed by atoms with van der Waals surface area (Å²) in [6, 6.07) is 0. The van der Waals surface area contributed by atoms with Crippen LogP contribution >= 0.6 is 0 Å². The van der Waals surface area contributed by atoms with E-state index in [1.165, 1.54) is 57.8 Å². The Morgan fingerprint density at radius 3 is 1.91 bits per heavy atom. The SMILES string of the molecule is CC[C@H](CC[C@@H](C)[C@H]1CC[C@@H]2[C@@H]3CC=C4C[C@H](O[C@@H]5O[C@H](CO[Si](C)(C)C)[C@@H](O[Si](C)(C)C)[C@H](O[Si](C)(C)C)[C@H]5O[Si](C)(C)C)CC[C@]4(C)[C@@H]3CC[C@@]21C)C(C)C. The molecule has 0 aromatic heterocycles. The van der Waals surface area contributed by atoms with Gasteiger partial charge >= 0.3 is 0 Å². The molecule has 0 bridgehead atoms. The lowest BCUT2D eigenvalue weighted by Gasteiger charge is -2.59.